The first kappa shape index (κ1) is 12.7. The van der Waals surface area contributed by atoms with E-state index in [1.807, 2.05) is 19.1 Å². The zero-order chi connectivity index (χ0) is 12.3. The highest BCUT2D eigenvalue weighted by molar-refractivity contribution is 7.11. The predicted molar refractivity (Wildman–Crippen MR) is 62.3 cm³/mol. The lowest BCUT2D eigenvalue weighted by Crippen LogP contribution is -2.41. The maximum atomic E-state index is 11.6. The highest BCUT2D eigenvalue weighted by Gasteiger charge is 2.35. The van der Waals surface area contributed by atoms with Crippen LogP contribution in [0.15, 0.2) is 12.1 Å². The molecule has 1 rings (SSSR count). The van der Waals surface area contributed by atoms with E-state index in [0.717, 1.165) is 4.88 Å². The summed E-state index contributed by atoms with van der Waals surface area (Å²) in [6.07, 6.45) is 0. The van der Waals surface area contributed by atoms with Crippen LogP contribution in [0.1, 0.15) is 23.6 Å². The van der Waals surface area contributed by atoms with Gasteiger partial charge in [-0.2, -0.15) is 0 Å². The normalized spacial score (nSPS) is 11.2. The topological polar surface area (TPSA) is 66.4 Å². The van der Waals surface area contributed by atoms with Gasteiger partial charge in [-0.25, -0.2) is 0 Å². The number of rotatable bonds is 4. The van der Waals surface area contributed by atoms with Gasteiger partial charge in [0.2, 0.25) is 5.91 Å². The van der Waals surface area contributed by atoms with Gasteiger partial charge in [0.05, 0.1) is 6.54 Å². The molecular weight excluding hydrogens is 226 g/mol. The van der Waals surface area contributed by atoms with Crippen molar-refractivity contribution in [3.63, 3.8) is 0 Å². The van der Waals surface area contributed by atoms with Crippen molar-refractivity contribution < 1.29 is 14.7 Å². The second kappa shape index (κ2) is 4.65. The molecule has 0 atom stereocenters. The van der Waals surface area contributed by atoms with Crippen molar-refractivity contribution in [1.82, 2.24) is 5.32 Å². The van der Waals surface area contributed by atoms with Crippen molar-refractivity contribution in [2.75, 3.05) is 0 Å². The number of hydrogen-bond acceptors (Lipinski definition) is 3. The van der Waals surface area contributed by atoms with Crippen LogP contribution in [0.3, 0.4) is 0 Å². The summed E-state index contributed by atoms with van der Waals surface area (Å²) < 4.78 is 0. The lowest BCUT2D eigenvalue weighted by atomic mass is 9.93. The van der Waals surface area contributed by atoms with Crippen molar-refractivity contribution in [3.05, 3.63) is 21.9 Å². The van der Waals surface area contributed by atoms with Gasteiger partial charge in [0, 0.05) is 9.75 Å². The average Bonchev–Trinajstić information content (AvgIpc) is 2.60. The number of amides is 1. The fourth-order valence-corrected chi connectivity index (χ4v) is 1.90. The van der Waals surface area contributed by atoms with E-state index in [1.54, 1.807) is 11.3 Å². The molecule has 88 valence electrons. The van der Waals surface area contributed by atoms with Crippen LogP contribution in [0, 0.1) is 12.3 Å². The molecule has 0 aliphatic rings. The zero-order valence-electron chi connectivity index (χ0n) is 9.53. The van der Waals surface area contributed by atoms with Gasteiger partial charge in [-0.05, 0) is 32.9 Å². The highest BCUT2D eigenvalue weighted by Crippen LogP contribution is 2.17. The highest BCUT2D eigenvalue weighted by atomic mass is 32.1. The largest absolute Gasteiger partial charge is 0.480 e. The van der Waals surface area contributed by atoms with E-state index in [-0.39, 0.29) is 0 Å². The first-order valence-corrected chi connectivity index (χ1v) is 5.72. The molecule has 0 bridgehead atoms. The third-order valence-electron chi connectivity index (χ3n) is 2.32. The van der Waals surface area contributed by atoms with Gasteiger partial charge in [0.1, 0.15) is 5.41 Å². The molecule has 0 unspecified atom stereocenters. The summed E-state index contributed by atoms with van der Waals surface area (Å²) in [7, 11) is 0. The summed E-state index contributed by atoms with van der Waals surface area (Å²) in [6, 6.07) is 3.89. The summed E-state index contributed by atoms with van der Waals surface area (Å²) in [5.41, 5.74) is -1.38. The molecule has 4 nitrogen and oxygen atoms in total. The lowest BCUT2D eigenvalue weighted by molar-refractivity contribution is -0.153. The molecule has 0 saturated heterocycles. The maximum Gasteiger partial charge on any atom is 0.318 e. The smallest absolute Gasteiger partial charge is 0.318 e. The molecule has 1 aromatic rings. The van der Waals surface area contributed by atoms with Gasteiger partial charge >= 0.3 is 5.97 Å². The van der Waals surface area contributed by atoms with Crippen LogP contribution < -0.4 is 5.32 Å². The summed E-state index contributed by atoms with van der Waals surface area (Å²) in [6.45, 7) is 5.15. The molecule has 1 heterocycles. The summed E-state index contributed by atoms with van der Waals surface area (Å²) >= 11 is 1.59. The van der Waals surface area contributed by atoms with E-state index in [0.29, 0.717) is 6.54 Å². The van der Waals surface area contributed by atoms with Crippen molar-refractivity contribution in [2.45, 2.75) is 27.3 Å². The number of nitrogens with one attached hydrogen (secondary N) is 1. The van der Waals surface area contributed by atoms with Crippen LogP contribution in [0.5, 0.6) is 0 Å². The molecule has 0 aromatic carbocycles. The molecule has 0 aliphatic heterocycles. The van der Waals surface area contributed by atoms with E-state index in [4.69, 9.17) is 5.11 Å². The molecule has 16 heavy (non-hydrogen) atoms. The quantitative estimate of drug-likeness (QED) is 0.790. The number of hydrogen-bond donors (Lipinski definition) is 2. The molecule has 0 fully saturated rings. The molecule has 0 aliphatic carbocycles. The molecule has 5 heteroatoms. The molecule has 0 spiro atoms. The first-order valence-electron chi connectivity index (χ1n) is 4.91. The van der Waals surface area contributed by atoms with E-state index < -0.39 is 17.3 Å². The number of carboxylic acid groups (broad SMARTS) is 1. The van der Waals surface area contributed by atoms with Gasteiger partial charge < -0.3 is 10.4 Å². The first-order chi connectivity index (χ1) is 7.34. The minimum absolute atomic E-state index is 0.383. The van der Waals surface area contributed by atoms with Gasteiger partial charge in [-0.1, -0.05) is 0 Å². The standard InChI is InChI=1S/C11H15NO3S/c1-7-4-5-8(16-7)6-12-9(13)11(2,3)10(14)15/h4-5H,6H2,1-3H3,(H,12,13)(H,14,15). The van der Waals surface area contributed by atoms with E-state index >= 15 is 0 Å². The minimum atomic E-state index is -1.38. The van der Waals surface area contributed by atoms with Gasteiger partial charge in [-0.15, -0.1) is 11.3 Å². The molecule has 2 N–H and O–H groups in total. The number of thiophene rings is 1. The Morgan fingerprint density at radius 3 is 2.50 bits per heavy atom. The van der Waals surface area contributed by atoms with Crippen LogP contribution in [-0.2, 0) is 16.1 Å². The Kier molecular flexibility index (Phi) is 3.70. The monoisotopic (exact) mass is 241 g/mol. The Labute approximate surface area is 98.3 Å². The van der Waals surface area contributed by atoms with Crippen LogP contribution in [-0.4, -0.2) is 17.0 Å². The van der Waals surface area contributed by atoms with Crippen molar-refractivity contribution >= 4 is 23.2 Å². The third kappa shape index (κ3) is 2.82. The van der Waals surface area contributed by atoms with Crippen molar-refractivity contribution in [2.24, 2.45) is 5.41 Å². The van der Waals surface area contributed by atoms with E-state index in [9.17, 15) is 9.59 Å². The lowest BCUT2D eigenvalue weighted by Gasteiger charge is -2.17. The van der Waals surface area contributed by atoms with Crippen LogP contribution >= 0.6 is 11.3 Å². The Balaban J connectivity index is 2.56. The number of aliphatic carboxylic acids is 1. The van der Waals surface area contributed by atoms with Crippen LogP contribution in [0.2, 0.25) is 0 Å². The molecular formula is C11H15NO3S. The Morgan fingerprint density at radius 1 is 1.44 bits per heavy atom. The summed E-state index contributed by atoms with van der Waals surface area (Å²) in [5.74, 6) is -1.58. The van der Waals surface area contributed by atoms with Crippen molar-refractivity contribution in [1.29, 1.82) is 0 Å². The van der Waals surface area contributed by atoms with Gasteiger partial charge in [0.25, 0.3) is 0 Å². The van der Waals surface area contributed by atoms with E-state index in [1.165, 1.54) is 18.7 Å². The second-order valence-corrected chi connectivity index (χ2v) is 5.50. The molecule has 1 amide bonds. The predicted octanol–water partition coefficient (Wildman–Crippen LogP) is 1.78. The Morgan fingerprint density at radius 2 is 2.06 bits per heavy atom. The molecule has 1 aromatic heterocycles. The third-order valence-corrected chi connectivity index (χ3v) is 3.32. The zero-order valence-corrected chi connectivity index (χ0v) is 10.4. The Hall–Kier alpha value is -1.36. The van der Waals surface area contributed by atoms with Crippen LogP contribution in [0.25, 0.3) is 0 Å². The molecule has 0 saturated carbocycles. The number of carboxylic acids is 1. The second-order valence-electron chi connectivity index (χ2n) is 4.13. The van der Waals surface area contributed by atoms with Crippen LogP contribution in [0.4, 0.5) is 0 Å². The van der Waals surface area contributed by atoms with E-state index in [2.05, 4.69) is 5.32 Å². The summed E-state index contributed by atoms with van der Waals surface area (Å²) in [4.78, 5) is 24.6. The van der Waals surface area contributed by atoms with Gasteiger partial charge in [0.15, 0.2) is 0 Å². The number of carbonyl (C=O) groups is 2. The van der Waals surface area contributed by atoms with Gasteiger partial charge in [-0.3, -0.25) is 9.59 Å². The Bertz CT molecular complexity index is 409. The maximum absolute atomic E-state index is 11.6. The summed E-state index contributed by atoms with van der Waals surface area (Å²) in [5, 5.41) is 11.5. The fourth-order valence-electron chi connectivity index (χ4n) is 1.07. The fraction of sp³-hybridized carbons (Fsp3) is 0.455. The average molecular weight is 241 g/mol. The number of aryl methyl sites for hydroxylation is 1. The minimum Gasteiger partial charge on any atom is -0.480 e. The molecule has 0 radical (unpaired) electrons. The van der Waals surface area contributed by atoms with Crippen molar-refractivity contribution in [3.8, 4) is 0 Å². The number of carbonyl (C=O) groups excluding carboxylic acids is 1. The SMILES string of the molecule is Cc1ccc(CNC(=O)C(C)(C)C(=O)O)s1.